The van der Waals surface area contributed by atoms with Gasteiger partial charge < -0.3 is 5.11 Å². The molecule has 6 heteroatoms. The topological polar surface area (TPSA) is 20.2 Å². The molecule has 0 unspecified atom stereocenters. The Labute approximate surface area is 129 Å². The Hall–Kier alpha value is -0.0500. The molecular formula is C12H7Cl5O. The monoisotopic (exact) mass is 342 g/mol. The lowest BCUT2D eigenvalue weighted by atomic mass is 10.0. The summed E-state index contributed by atoms with van der Waals surface area (Å²) >= 11 is 29.7. The molecule has 0 atom stereocenters. The van der Waals surface area contributed by atoms with Gasteiger partial charge in [0.15, 0.2) is 4.33 Å². The Kier molecular flexibility index (Phi) is 3.84. The summed E-state index contributed by atoms with van der Waals surface area (Å²) in [4.78, 5) is 0. The predicted octanol–water partition coefficient (Wildman–Crippen LogP) is 5.55. The van der Waals surface area contributed by atoms with Gasteiger partial charge in [-0.3, -0.25) is 0 Å². The van der Waals surface area contributed by atoms with Gasteiger partial charge in [-0.05, 0) is 11.5 Å². The molecule has 0 heterocycles. The zero-order valence-electron chi connectivity index (χ0n) is 8.80. The van der Waals surface area contributed by atoms with Crippen molar-refractivity contribution >= 4 is 68.8 Å². The van der Waals surface area contributed by atoms with E-state index in [-0.39, 0.29) is 5.75 Å². The SMILES string of the molecule is Oc1cccc2c(C(Cl)(Cl)C(Cl)(Cl)Cl)cccc12. The van der Waals surface area contributed by atoms with E-state index in [1.54, 1.807) is 36.4 Å². The van der Waals surface area contributed by atoms with Crippen molar-refractivity contribution < 1.29 is 5.11 Å². The Morgan fingerprint density at radius 1 is 0.778 bits per heavy atom. The quantitative estimate of drug-likeness (QED) is 0.673. The molecule has 1 N–H and O–H groups in total. The number of alkyl halides is 5. The van der Waals surface area contributed by atoms with Crippen LogP contribution in [0.25, 0.3) is 10.8 Å². The highest BCUT2D eigenvalue weighted by Crippen LogP contribution is 2.54. The maximum Gasteiger partial charge on any atom is 0.227 e. The first-order valence-corrected chi connectivity index (χ1v) is 6.80. The first-order valence-electron chi connectivity index (χ1n) is 4.91. The summed E-state index contributed by atoms with van der Waals surface area (Å²) in [6.45, 7) is 0. The molecular weight excluding hydrogens is 337 g/mol. The van der Waals surface area contributed by atoms with Gasteiger partial charge in [-0.25, -0.2) is 0 Å². The number of aromatic hydroxyl groups is 1. The number of fused-ring (bicyclic) bond motifs is 1. The number of halogens is 5. The van der Waals surface area contributed by atoms with Gasteiger partial charge in [0.25, 0.3) is 0 Å². The van der Waals surface area contributed by atoms with Crippen LogP contribution in [0.1, 0.15) is 5.56 Å². The molecule has 0 fully saturated rings. The summed E-state index contributed by atoms with van der Waals surface area (Å²) in [6.07, 6.45) is 0. The van der Waals surface area contributed by atoms with Crippen molar-refractivity contribution in [3.8, 4) is 5.75 Å². The molecule has 0 spiro atoms. The average Bonchev–Trinajstić information content (AvgIpc) is 2.27. The lowest BCUT2D eigenvalue weighted by Crippen LogP contribution is -2.28. The molecule has 0 saturated heterocycles. The first kappa shape index (κ1) is 14.4. The van der Waals surface area contributed by atoms with Gasteiger partial charge in [-0.2, -0.15) is 0 Å². The minimum Gasteiger partial charge on any atom is -0.507 e. The van der Waals surface area contributed by atoms with Crippen molar-refractivity contribution in [3.63, 3.8) is 0 Å². The lowest BCUT2D eigenvalue weighted by Gasteiger charge is -2.28. The highest BCUT2D eigenvalue weighted by molar-refractivity contribution is 6.75. The largest absolute Gasteiger partial charge is 0.507 e. The molecule has 96 valence electrons. The molecule has 0 saturated carbocycles. The van der Waals surface area contributed by atoms with Crippen molar-refractivity contribution in [2.24, 2.45) is 0 Å². The third kappa shape index (κ3) is 2.35. The van der Waals surface area contributed by atoms with Crippen LogP contribution in [0.15, 0.2) is 36.4 Å². The molecule has 0 amide bonds. The van der Waals surface area contributed by atoms with Crippen LogP contribution >= 0.6 is 58.0 Å². The number of phenols is 1. The molecule has 0 aliphatic carbocycles. The van der Waals surface area contributed by atoms with Crippen molar-refractivity contribution in [2.75, 3.05) is 0 Å². The highest BCUT2D eigenvalue weighted by Gasteiger charge is 2.48. The minimum absolute atomic E-state index is 0.114. The molecule has 0 aromatic heterocycles. The van der Waals surface area contributed by atoms with E-state index in [1.807, 2.05) is 0 Å². The molecule has 2 aromatic carbocycles. The summed E-state index contributed by atoms with van der Waals surface area (Å²) in [5.74, 6) is 0.114. The normalized spacial score (nSPS) is 12.9. The van der Waals surface area contributed by atoms with E-state index in [0.717, 1.165) is 0 Å². The van der Waals surface area contributed by atoms with Crippen molar-refractivity contribution in [2.45, 2.75) is 8.13 Å². The smallest absolute Gasteiger partial charge is 0.227 e. The summed E-state index contributed by atoms with van der Waals surface area (Å²) < 4.78 is -3.61. The third-order valence-corrected chi connectivity index (χ3v) is 5.00. The van der Waals surface area contributed by atoms with E-state index >= 15 is 0 Å². The number of benzene rings is 2. The van der Waals surface area contributed by atoms with E-state index < -0.39 is 8.13 Å². The van der Waals surface area contributed by atoms with Gasteiger partial charge >= 0.3 is 0 Å². The summed E-state index contributed by atoms with van der Waals surface area (Å²) in [7, 11) is 0. The zero-order valence-corrected chi connectivity index (χ0v) is 12.6. The Morgan fingerprint density at radius 3 is 1.94 bits per heavy atom. The van der Waals surface area contributed by atoms with Crippen LogP contribution in [0.4, 0.5) is 0 Å². The van der Waals surface area contributed by atoms with Gasteiger partial charge in [0.2, 0.25) is 3.79 Å². The van der Waals surface area contributed by atoms with Crippen LogP contribution < -0.4 is 0 Å². The van der Waals surface area contributed by atoms with Gasteiger partial charge in [0.05, 0.1) is 0 Å². The fraction of sp³-hybridized carbons (Fsp3) is 0.167. The molecule has 1 nitrogen and oxygen atoms in total. The first-order chi connectivity index (χ1) is 8.25. The summed E-state index contributed by atoms with van der Waals surface area (Å²) in [5, 5.41) is 11.0. The van der Waals surface area contributed by atoms with Gasteiger partial charge in [-0.1, -0.05) is 88.3 Å². The molecule has 0 radical (unpaired) electrons. The van der Waals surface area contributed by atoms with Crippen molar-refractivity contribution in [1.29, 1.82) is 0 Å². The molecule has 2 rings (SSSR count). The lowest BCUT2D eigenvalue weighted by molar-refractivity contribution is 0.481. The molecule has 0 aliphatic heterocycles. The van der Waals surface area contributed by atoms with Crippen molar-refractivity contribution in [1.82, 2.24) is 0 Å². The number of hydrogen-bond donors (Lipinski definition) is 1. The van der Waals surface area contributed by atoms with Crippen LogP contribution in [0.2, 0.25) is 0 Å². The standard InChI is InChI=1S/C12H7Cl5O/c13-11(14,12(15,16)17)9-5-1-4-8-7(9)3-2-6-10(8)18/h1-6,18H. The fourth-order valence-corrected chi connectivity index (χ4v) is 2.35. The van der Waals surface area contributed by atoms with E-state index in [0.29, 0.717) is 16.3 Å². The third-order valence-electron chi connectivity index (χ3n) is 2.59. The van der Waals surface area contributed by atoms with Crippen LogP contribution in [0, 0.1) is 0 Å². The van der Waals surface area contributed by atoms with E-state index in [4.69, 9.17) is 58.0 Å². The maximum atomic E-state index is 9.78. The minimum atomic E-state index is -1.89. The molecule has 0 aliphatic rings. The molecule has 0 bridgehead atoms. The van der Waals surface area contributed by atoms with Gasteiger partial charge in [0.1, 0.15) is 5.75 Å². The van der Waals surface area contributed by atoms with E-state index in [2.05, 4.69) is 0 Å². The number of hydrogen-bond acceptors (Lipinski definition) is 1. The predicted molar refractivity (Wildman–Crippen MR) is 79.3 cm³/mol. The van der Waals surface area contributed by atoms with Gasteiger partial charge in [0, 0.05) is 10.9 Å². The highest BCUT2D eigenvalue weighted by atomic mass is 35.6. The van der Waals surface area contributed by atoms with Crippen LogP contribution in [-0.4, -0.2) is 8.90 Å². The molecule has 18 heavy (non-hydrogen) atoms. The summed E-state index contributed by atoms with van der Waals surface area (Å²) in [5.41, 5.74) is 0.430. The Bertz CT molecular complexity index is 589. The van der Waals surface area contributed by atoms with E-state index in [9.17, 15) is 5.11 Å². The van der Waals surface area contributed by atoms with Crippen LogP contribution in [0.3, 0.4) is 0 Å². The second-order valence-electron chi connectivity index (χ2n) is 3.75. The zero-order chi connectivity index (χ0) is 13.6. The number of phenolic OH excluding ortho intramolecular Hbond substituents is 1. The van der Waals surface area contributed by atoms with Crippen LogP contribution in [0.5, 0.6) is 5.75 Å². The number of rotatable bonds is 1. The second kappa shape index (κ2) is 4.81. The van der Waals surface area contributed by atoms with E-state index in [1.165, 1.54) is 0 Å². The van der Waals surface area contributed by atoms with Crippen molar-refractivity contribution in [3.05, 3.63) is 42.0 Å². The van der Waals surface area contributed by atoms with Gasteiger partial charge in [-0.15, -0.1) is 0 Å². The Balaban J connectivity index is 2.77. The summed E-state index contributed by atoms with van der Waals surface area (Å²) in [6, 6.07) is 10.1. The fourth-order valence-electron chi connectivity index (χ4n) is 1.72. The Morgan fingerprint density at radius 2 is 1.33 bits per heavy atom. The average molecular weight is 344 g/mol. The maximum absolute atomic E-state index is 9.78. The second-order valence-corrected chi connectivity index (χ2v) is 7.36. The molecule has 2 aromatic rings. The van der Waals surface area contributed by atoms with Crippen LogP contribution in [-0.2, 0) is 4.33 Å².